The molecule has 1 heterocycles. The molecule has 1 aromatic carbocycles. The average Bonchev–Trinajstić information content (AvgIpc) is 2.28. The summed E-state index contributed by atoms with van der Waals surface area (Å²) in [4.78, 5) is -0.244. The predicted octanol–water partition coefficient (Wildman–Crippen LogP) is 1.20. The topological polar surface area (TPSA) is 49.4 Å². The molecule has 0 unspecified atom stereocenters. The minimum Gasteiger partial charge on any atom is -0.309 e. The van der Waals surface area contributed by atoms with Gasteiger partial charge in [0.15, 0.2) is 0 Å². The Hall–Kier alpha value is -0.980. The zero-order valence-electron chi connectivity index (χ0n) is 10.4. The van der Waals surface area contributed by atoms with Crippen molar-refractivity contribution in [3.05, 3.63) is 30.1 Å². The summed E-state index contributed by atoms with van der Waals surface area (Å²) >= 11 is 0. The quantitative estimate of drug-likeness (QED) is 0.880. The van der Waals surface area contributed by atoms with Gasteiger partial charge in [-0.2, -0.15) is 4.31 Å². The highest BCUT2D eigenvalue weighted by Crippen LogP contribution is 2.21. The highest BCUT2D eigenvalue weighted by atomic mass is 32.2. The monoisotopic (exact) mass is 272 g/mol. The Labute approximate surface area is 107 Å². The molecule has 1 saturated heterocycles. The summed E-state index contributed by atoms with van der Waals surface area (Å²) in [5.74, 6) is -0.698. The Morgan fingerprint density at radius 1 is 1.22 bits per heavy atom. The molecule has 1 aliphatic heterocycles. The van der Waals surface area contributed by atoms with Crippen molar-refractivity contribution >= 4 is 10.0 Å². The SMILES string of the molecule is C[C@H]1CN(S(=O)(=O)c2ccccc2F)C[C@H](C)N1. The van der Waals surface area contributed by atoms with Crippen molar-refractivity contribution in [1.82, 2.24) is 9.62 Å². The van der Waals surface area contributed by atoms with Crippen molar-refractivity contribution in [2.45, 2.75) is 30.8 Å². The minimum atomic E-state index is -3.74. The molecule has 0 spiro atoms. The normalized spacial score (nSPS) is 26.2. The van der Waals surface area contributed by atoms with Crippen molar-refractivity contribution in [2.75, 3.05) is 13.1 Å². The largest absolute Gasteiger partial charge is 0.309 e. The van der Waals surface area contributed by atoms with E-state index in [1.165, 1.54) is 28.6 Å². The summed E-state index contributed by atoms with van der Waals surface area (Å²) in [7, 11) is -3.74. The fraction of sp³-hybridized carbons (Fsp3) is 0.500. The number of hydrogen-bond donors (Lipinski definition) is 1. The van der Waals surface area contributed by atoms with Crippen LogP contribution >= 0.6 is 0 Å². The number of rotatable bonds is 2. The van der Waals surface area contributed by atoms with Crippen LogP contribution in [0, 0.1) is 5.82 Å². The van der Waals surface area contributed by atoms with Crippen molar-refractivity contribution in [2.24, 2.45) is 0 Å². The standard InChI is InChI=1S/C12H17FN2O2S/c1-9-7-15(8-10(2)14-9)18(16,17)12-6-4-3-5-11(12)13/h3-6,9-10,14H,7-8H2,1-2H3/t9-,10-/m0/s1. The molecule has 18 heavy (non-hydrogen) atoms. The molecule has 0 bridgehead atoms. The highest BCUT2D eigenvalue weighted by molar-refractivity contribution is 7.89. The van der Waals surface area contributed by atoms with E-state index in [0.717, 1.165) is 0 Å². The molecule has 100 valence electrons. The lowest BCUT2D eigenvalue weighted by molar-refractivity contribution is 0.262. The second-order valence-corrected chi connectivity index (χ2v) is 6.63. The molecule has 1 aliphatic rings. The van der Waals surface area contributed by atoms with Crippen LogP contribution < -0.4 is 5.32 Å². The zero-order chi connectivity index (χ0) is 13.3. The maximum Gasteiger partial charge on any atom is 0.246 e. The average molecular weight is 272 g/mol. The van der Waals surface area contributed by atoms with Gasteiger partial charge in [0.1, 0.15) is 10.7 Å². The second-order valence-electron chi connectivity index (χ2n) is 4.72. The van der Waals surface area contributed by atoms with Crippen molar-refractivity contribution < 1.29 is 12.8 Å². The predicted molar refractivity (Wildman–Crippen MR) is 67.2 cm³/mol. The second kappa shape index (κ2) is 4.95. The Morgan fingerprint density at radius 2 is 1.78 bits per heavy atom. The van der Waals surface area contributed by atoms with Gasteiger partial charge in [-0.25, -0.2) is 12.8 Å². The third-order valence-electron chi connectivity index (χ3n) is 2.98. The first-order chi connectivity index (χ1) is 8.41. The molecule has 2 rings (SSSR count). The van der Waals surface area contributed by atoms with Crippen LogP contribution in [0.4, 0.5) is 4.39 Å². The first-order valence-electron chi connectivity index (χ1n) is 5.92. The van der Waals surface area contributed by atoms with Crippen LogP contribution in [0.1, 0.15) is 13.8 Å². The number of halogens is 1. The van der Waals surface area contributed by atoms with Crippen LogP contribution in [0.2, 0.25) is 0 Å². The maximum absolute atomic E-state index is 13.6. The fourth-order valence-corrected chi connectivity index (χ4v) is 3.95. The maximum atomic E-state index is 13.6. The van der Waals surface area contributed by atoms with Crippen molar-refractivity contribution in [1.29, 1.82) is 0 Å². The van der Waals surface area contributed by atoms with Gasteiger partial charge in [-0.1, -0.05) is 12.1 Å². The summed E-state index contributed by atoms with van der Waals surface area (Å²) in [6.45, 7) is 4.56. The van der Waals surface area contributed by atoms with Gasteiger partial charge in [0.25, 0.3) is 0 Å². The fourth-order valence-electron chi connectivity index (χ4n) is 2.27. The van der Waals surface area contributed by atoms with Crippen LogP contribution in [-0.2, 0) is 10.0 Å². The van der Waals surface area contributed by atoms with E-state index in [0.29, 0.717) is 13.1 Å². The summed E-state index contributed by atoms with van der Waals surface area (Å²) < 4.78 is 39.7. The van der Waals surface area contributed by atoms with Crippen LogP contribution in [-0.4, -0.2) is 37.9 Å². The molecule has 0 saturated carbocycles. The van der Waals surface area contributed by atoms with Crippen LogP contribution in [0.5, 0.6) is 0 Å². The lowest BCUT2D eigenvalue weighted by atomic mass is 10.2. The molecular formula is C12H17FN2O2S. The van der Waals surface area contributed by atoms with Crippen LogP contribution in [0.3, 0.4) is 0 Å². The van der Waals surface area contributed by atoms with E-state index < -0.39 is 15.8 Å². The molecule has 1 fully saturated rings. The molecule has 4 nitrogen and oxygen atoms in total. The molecule has 1 N–H and O–H groups in total. The molecule has 0 radical (unpaired) electrons. The highest BCUT2D eigenvalue weighted by Gasteiger charge is 2.32. The van der Waals surface area contributed by atoms with Gasteiger partial charge >= 0.3 is 0 Å². The Balaban J connectivity index is 2.34. The first kappa shape index (κ1) is 13.5. The third kappa shape index (κ3) is 2.55. The summed E-state index contributed by atoms with van der Waals surface area (Å²) in [6.07, 6.45) is 0. The van der Waals surface area contributed by atoms with Gasteiger partial charge < -0.3 is 5.32 Å². The molecule has 6 heteroatoms. The number of hydrogen-bond acceptors (Lipinski definition) is 3. The summed E-state index contributed by atoms with van der Waals surface area (Å²) in [5, 5.41) is 3.25. The van der Waals surface area contributed by atoms with E-state index in [2.05, 4.69) is 5.32 Å². The number of sulfonamides is 1. The lowest BCUT2D eigenvalue weighted by Crippen LogP contribution is -2.55. The number of nitrogens with zero attached hydrogens (tertiary/aromatic N) is 1. The van der Waals surface area contributed by atoms with E-state index in [-0.39, 0.29) is 17.0 Å². The molecule has 2 atom stereocenters. The van der Waals surface area contributed by atoms with E-state index in [1.807, 2.05) is 13.8 Å². The van der Waals surface area contributed by atoms with Crippen molar-refractivity contribution in [3.8, 4) is 0 Å². The van der Waals surface area contributed by atoms with Gasteiger partial charge in [0.2, 0.25) is 10.0 Å². The Bertz CT molecular complexity index is 523. The number of benzene rings is 1. The minimum absolute atomic E-state index is 0.0651. The molecular weight excluding hydrogens is 255 g/mol. The third-order valence-corrected chi connectivity index (χ3v) is 4.84. The van der Waals surface area contributed by atoms with E-state index in [4.69, 9.17) is 0 Å². The molecule has 0 aliphatic carbocycles. The molecule has 0 amide bonds. The van der Waals surface area contributed by atoms with Gasteiger partial charge in [-0.15, -0.1) is 0 Å². The Morgan fingerprint density at radius 3 is 2.33 bits per heavy atom. The lowest BCUT2D eigenvalue weighted by Gasteiger charge is -2.35. The zero-order valence-corrected chi connectivity index (χ0v) is 11.2. The Kier molecular flexibility index (Phi) is 3.70. The van der Waals surface area contributed by atoms with E-state index in [1.54, 1.807) is 0 Å². The summed E-state index contributed by atoms with van der Waals surface area (Å²) in [5.41, 5.74) is 0. The van der Waals surface area contributed by atoms with Crippen LogP contribution in [0.15, 0.2) is 29.2 Å². The molecule has 1 aromatic rings. The summed E-state index contributed by atoms with van der Waals surface area (Å²) in [6, 6.07) is 5.62. The van der Waals surface area contributed by atoms with Crippen molar-refractivity contribution in [3.63, 3.8) is 0 Å². The van der Waals surface area contributed by atoms with E-state index >= 15 is 0 Å². The molecule has 0 aromatic heterocycles. The van der Waals surface area contributed by atoms with Gasteiger partial charge in [0, 0.05) is 25.2 Å². The van der Waals surface area contributed by atoms with Crippen LogP contribution in [0.25, 0.3) is 0 Å². The van der Waals surface area contributed by atoms with E-state index in [9.17, 15) is 12.8 Å². The van der Waals surface area contributed by atoms with Gasteiger partial charge in [0.05, 0.1) is 0 Å². The van der Waals surface area contributed by atoms with Gasteiger partial charge in [-0.05, 0) is 26.0 Å². The van der Waals surface area contributed by atoms with Gasteiger partial charge in [-0.3, -0.25) is 0 Å². The number of nitrogens with one attached hydrogen (secondary N) is 1. The smallest absolute Gasteiger partial charge is 0.246 e. The first-order valence-corrected chi connectivity index (χ1v) is 7.36. The number of piperazine rings is 1.